The van der Waals surface area contributed by atoms with E-state index < -0.39 is 17.4 Å². The van der Waals surface area contributed by atoms with Crippen molar-refractivity contribution in [2.24, 2.45) is 10.9 Å². The molecule has 9 nitrogen and oxygen atoms in total. The van der Waals surface area contributed by atoms with E-state index in [4.69, 9.17) is 10.5 Å². The van der Waals surface area contributed by atoms with Gasteiger partial charge < -0.3 is 20.7 Å². The maximum Gasteiger partial charge on any atom is 0.327 e. The van der Waals surface area contributed by atoms with Gasteiger partial charge in [0.2, 0.25) is 0 Å². The summed E-state index contributed by atoms with van der Waals surface area (Å²) >= 11 is 0. The van der Waals surface area contributed by atoms with Crippen LogP contribution in [0.5, 0.6) is 0 Å². The number of halogens is 1. The molecule has 0 spiro atoms. The molecule has 0 aliphatic carbocycles. The maximum atomic E-state index is 14.3. The summed E-state index contributed by atoms with van der Waals surface area (Å²) in [5.74, 6) is -0.408. The lowest BCUT2D eigenvalue weighted by molar-refractivity contribution is -0.160. The first-order chi connectivity index (χ1) is 18.5. The number of esters is 1. The number of nitrogens with two attached hydrogens (primary N) is 1. The standard InChI is InChI=1S/C29H41FN6O3/c1-7-13-35(14-10-19(8-2)27(37)39-29(3,4)5)24-9-12-33-26-22(24)11-15-36(26)28(38)34-21-16-20(18-32-6)25(31)23(30)17-21/h9,12,16-19H,7-8,10-11,13-15,31H2,1-6H3,(H,34,38). The van der Waals surface area contributed by atoms with E-state index in [0.29, 0.717) is 43.7 Å². The second kappa shape index (κ2) is 12.9. The van der Waals surface area contributed by atoms with Crippen molar-refractivity contribution >= 4 is 41.1 Å². The van der Waals surface area contributed by atoms with E-state index in [-0.39, 0.29) is 23.3 Å². The summed E-state index contributed by atoms with van der Waals surface area (Å²) in [4.78, 5) is 38.2. The van der Waals surface area contributed by atoms with E-state index in [2.05, 4.69) is 27.1 Å². The Labute approximate surface area is 230 Å². The molecule has 3 N–H and O–H groups in total. The van der Waals surface area contributed by atoms with Crippen molar-refractivity contribution in [2.75, 3.05) is 47.5 Å². The minimum absolute atomic E-state index is 0.0237. The van der Waals surface area contributed by atoms with Crippen molar-refractivity contribution in [3.05, 3.63) is 41.3 Å². The summed E-state index contributed by atoms with van der Waals surface area (Å²) in [6, 6.07) is 4.34. The highest BCUT2D eigenvalue weighted by Crippen LogP contribution is 2.35. The third-order valence-corrected chi connectivity index (χ3v) is 6.59. The summed E-state index contributed by atoms with van der Waals surface area (Å²) in [6.07, 6.45) is 6.08. The molecule has 1 aliphatic heterocycles. The van der Waals surface area contributed by atoms with Gasteiger partial charge in [-0.15, -0.1) is 0 Å². The Bertz CT molecular complexity index is 1210. The van der Waals surface area contributed by atoms with Crippen LogP contribution in [-0.4, -0.2) is 55.5 Å². The zero-order chi connectivity index (χ0) is 28.7. The molecule has 1 aliphatic rings. The summed E-state index contributed by atoms with van der Waals surface area (Å²) < 4.78 is 20.0. The quantitative estimate of drug-likeness (QED) is 0.236. The normalized spacial score (nSPS) is 13.9. The van der Waals surface area contributed by atoms with Crippen LogP contribution in [0.4, 0.5) is 32.1 Å². The van der Waals surface area contributed by atoms with Crippen LogP contribution in [-0.2, 0) is 16.0 Å². The fourth-order valence-electron chi connectivity index (χ4n) is 4.72. The molecule has 2 amide bonds. The van der Waals surface area contributed by atoms with Crippen LogP contribution < -0.4 is 20.9 Å². The highest BCUT2D eigenvalue weighted by molar-refractivity contribution is 6.03. The summed E-state index contributed by atoms with van der Waals surface area (Å²) in [5, 5.41) is 2.77. The zero-order valence-electron chi connectivity index (χ0n) is 23.9. The van der Waals surface area contributed by atoms with Gasteiger partial charge >= 0.3 is 12.0 Å². The Morgan fingerprint density at radius 2 is 2.05 bits per heavy atom. The SMILES string of the molecule is CCCN(CCC(CC)C(=O)OC(C)(C)C)c1ccnc2c1CCN2C(=O)Nc1cc(F)c(N)c(C=NC)c1. The van der Waals surface area contributed by atoms with Crippen LogP contribution in [0, 0.1) is 11.7 Å². The monoisotopic (exact) mass is 540 g/mol. The number of carbonyl (C=O) groups excluding carboxylic acids is 2. The van der Waals surface area contributed by atoms with E-state index in [1.165, 1.54) is 12.3 Å². The number of anilines is 4. The van der Waals surface area contributed by atoms with Gasteiger partial charge in [-0.25, -0.2) is 14.2 Å². The lowest BCUT2D eigenvalue weighted by Crippen LogP contribution is -2.34. The lowest BCUT2D eigenvalue weighted by atomic mass is 10.0. The Morgan fingerprint density at radius 1 is 1.31 bits per heavy atom. The number of carbonyl (C=O) groups is 2. The van der Waals surface area contributed by atoms with Crippen LogP contribution in [0.25, 0.3) is 0 Å². The van der Waals surface area contributed by atoms with Gasteiger partial charge in [0.1, 0.15) is 17.2 Å². The molecule has 10 heteroatoms. The smallest absolute Gasteiger partial charge is 0.327 e. The van der Waals surface area contributed by atoms with E-state index in [1.54, 1.807) is 24.2 Å². The fourth-order valence-corrected chi connectivity index (χ4v) is 4.72. The van der Waals surface area contributed by atoms with E-state index in [1.807, 2.05) is 33.8 Å². The van der Waals surface area contributed by atoms with Gasteiger partial charge in [-0.2, -0.15) is 0 Å². The Hall–Kier alpha value is -3.69. The maximum absolute atomic E-state index is 14.3. The molecule has 0 radical (unpaired) electrons. The number of ether oxygens (including phenoxy) is 1. The minimum Gasteiger partial charge on any atom is -0.460 e. The third-order valence-electron chi connectivity index (χ3n) is 6.59. The van der Waals surface area contributed by atoms with Crippen molar-refractivity contribution in [1.82, 2.24) is 4.98 Å². The molecule has 0 bridgehead atoms. The Balaban J connectivity index is 1.79. The number of hydrogen-bond donors (Lipinski definition) is 2. The molecule has 1 aromatic carbocycles. The average Bonchev–Trinajstić information content (AvgIpc) is 3.30. The van der Waals surface area contributed by atoms with E-state index in [9.17, 15) is 14.0 Å². The van der Waals surface area contributed by atoms with E-state index in [0.717, 1.165) is 24.2 Å². The molecule has 0 fully saturated rings. The zero-order valence-corrected chi connectivity index (χ0v) is 23.9. The van der Waals surface area contributed by atoms with Crippen molar-refractivity contribution in [3.63, 3.8) is 0 Å². The number of aromatic nitrogens is 1. The van der Waals surface area contributed by atoms with Crippen LogP contribution in [0.2, 0.25) is 0 Å². The highest BCUT2D eigenvalue weighted by atomic mass is 19.1. The lowest BCUT2D eigenvalue weighted by Gasteiger charge is -2.29. The number of hydrogen-bond acceptors (Lipinski definition) is 7. The molecule has 1 unspecified atom stereocenters. The first-order valence-corrected chi connectivity index (χ1v) is 13.5. The van der Waals surface area contributed by atoms with Gasteiger partial charge in [-0.05, 0) is 64.7 Å². The van der Waals surface area contributed by atoms with Crippen molar-refractivity contribution in [2.45, 2.75) is 65.9 Å². The third kappa shape index (κ3) is 7.46. The van der Waals surface area contributed by atoms with Crippen molar-refractivity contribution in [1.29, 1.82) is 0 Å². The number of fused-ring (bicyclic) bond motifs is 1. The number of amides is 2. The molecule has 1 atom stereocenters. The Morgan fingerprint density at radius 3 is 2.69 bits per heavy atom. The number of aliphatic imine (C=N–C) groups is 1. The van der Waals surface area contributed by atoms with Crippen LogP contribution >= 0.6 is 0 Å². The topological polar surface area (TPSA) is 113 Å². The molecular weight excluding hydrogens is 499 g/mol. The molecule has 2 heterocycles. The van der Waals surface area contributed by atoms with Gasteiger partial charge in [0.15, 0.2) is 0 Å². The highest BCUT2D eigenvalue weighted by Gasteiger charge is 2.30. The van der Waals surface area contributed by atoms with Gasteiger partial charge in [0.05, 0.1) is 11.6 Å². The largest absolute Gasteiger partial charge is 0.460 e. The van der Waals surface area contributed by atoms with Crippen LogP contribution in [0.15, 0.2) is 29.4 Å². The first-order valence-electron chi connectivity index (χ1n) is 13.5. The van der Waals surface area contributed by atoms with E-state index >= 15 is 0 Å². The predicted octanol–water partition coefficient (Wildman–Crippen LogP) is 5.42. The second-order valence-corrected chi connectivity index (χ2v) is 10.7. The average molecular weight is 541 g/mol. The number of nitrogens with one attached hydrogen (secondary N) is 1. The number of pyridine rings is 1. The minimum atomic E-state index is -0.628. The molecule has 0 saturated heterocycles. The molecule has 0 saturated carbocycles. The van der Waals surface area contributed by atoms with Gasteiger partial charge in [0, 0.05) is 61.6 Å². The first kappa shape index (κ1) is 29.9. The van der Waals surface area contributed by atoms with Crippen LogP contribution in [0.3, 0.4) is 0 Å². The predicted molar refractivity (Wildman–Crippen MR) is 155 cm³/mol. The summed E-state index contributed by atoms with van der Waals surface area (Å²) in [6.45, 7) is 11.7. The Kier molecular flexibility index (Phi) is 9.88. The number of rotatable bonds is 10. The molecule has 39 heavy (non-hydrogen) atoms. The van der Waals surface area contributed by atoms with Crippen LogP contribution in [0.1, 0.15) is 65.0 Å². The second-order valence-electron chi connectivity index (χ2n) is 10.7. The number of nitrogen functional groups attached to an aromatic ring is 1. The molecule has 212 valence electrons. The van der Waals surface area contributed by atoms with Gasteiger partial charge in [-0.3, -0.25) is 14.7 Å². The summed E-state index contributed by atoms with van der Waals surface area (Å²) in [5.41, 5.74) is 7.91. The van der Waals surface area contributed by atoms with Crippen molar-refractivity contribution in [3.8, 4) is 0 Å². The number of urea groups is 1. The fraction of sp³-hybridized carbons (Fsp3) is 0.517. The van der Waals surface area contributed by atoms with Crippen molar-refractivity contribution < 1.29 is 18.7 Å². The molecule has 3 rings (SSSR count). The number of nitrogens with zero attached hydrogens (tertiary/aromatic N) is 4. The molecule has 1 aromatic heterocycles. The molecule has 2 aromatic rings. The molecular formula is C29H41FN6O3. The van der Waals surface area contributed by atoms with Gasteiger partial charge in [0.25, 0.3) is 0 Å². The summed E-state index contributed by atoms with van der Waals surface area (Å²) in [7, 11) is 1.56. The van der Waals surface area contributed by atoms with Gasteiger partial charge in [-0.1, -0.05) is 13.8 Å². The number of benzene rings is 1.